The van der Waals surface area contributed by atoms with Crippen molar-refractivity contribution in [3.05, 3.63) is 0 Å². The van der Waals surface area contributed by atoms with Crippen molar-refractivity contribution < 1.29 is 33.7 Å². The Kier molecular flexibility index (Phi) is 5.42. The Labute approximate surface area is 91.8 Å². The van der Waals surface area contributed by atoms with Gasteiger partial charge >= 0.3 is 0 Å². The quantitative estimate of drug-likeness (QED) is 0.513. The Morgan fingerprint density at radius 2 is 1.73 bits per heavy atom. The monoisotopic (exact) mass is 243 g/mol. The lowest BCUT2D eigenvalue weighted by molar-refractivity contribution is -1.92. The van der Waals surface area contributed by atoms with Crippen LogP contribution >= 0.6 is 0 Å². The fraction of sp³-hybridized carbons (Fsp3) is 1.00. The molecule has 0 aromatic heterocycles. The molecule has 0 amide bonds. The van der Waals surface area contributed by atoms with Crippen molar-refractivity contribution in [2.75, 3.05) is 6.54 Å². The highest BCUT2D eigenvalue weighted by Gasteiger charge is 2.28. The zero-order valence-corrected chi connectivity index (χ0v) is 10.2. The average Bonchev–Trinajstić information content (AvgIpc) is 2.29. The first-order chi connectivity index (χ1) is 6.50. The van der Waals surface area contributed by atoms with Crippen molar-refractivity contribution >= 4 is 0 Å². The second-order valence-corrected chi connectivity index (χ2v) is 5.17. The van der Waals surface area contributed by atoms with Gasteiger partial charge in [-0.25, -0.2) is 0 Å². The van der Waals surface area contributed by atoms with E-state index in [4.69, 9.17) is 23.5 Å². The van der Waals surface area contributed by atoms with Crippen molar-refractivity contribution in [1.82, 2.24) is 5.06 Å². The zero-order chi connectivity index (χ0) is 12.3. The summed E-state index contributed by atoms with van der Waals surface area (Å²) in [5.41, 5.74) is 0.171. The summed E-state index contributed by atoms with van der Waals surface area (Å²) in [6.07, 6.45) is 1.58. The Bertz CT molecular complexity index is 182. The van der Waals surface area contributed by atoms with Gasteiger partial charge in [-0.3, -0.25) is 4.84 Å². The lowest BCUT2D eigenvalue weighted by Crippen LogP contribution is -2.58. The van der Waals surface area contributed by atoms with Gasteiger partial charge in [0.05, 0.1) is 21.0 Å². The molecular weight excluding hydrogens is 226 g/mol. The fourth-order valence-electron chi connectivity index (χ4n) is 1.12. The minimum absolute atomic E-state index is 0.171. The summed E-state index contributed by atoms with van der Waals surface area (Å²) in [7, 11) is -4.69. The van der Waals surface area contributed by atoms with Crippen LogP contribution in [0.2, 0.25) is 0 Å². The molecule has 1 rings (SSSR count). The normalized spacial score (nSPS) is 23.6. The van der Waals surface area contributed by atoms with E-state index in [2.05, 4.69) is 32.8 Å². The first-order valence-corrected chi connectivity index (χ1v) is 5.84. The van der Waals surface area contributed by atoms with Crippen molar-refractivity contribution in [2.45, 2.75) is 45.8 Å². The fourth-order valence-corrected chi connectivity index (χ4v) is 1.12. The summed E-state index contributed by atoms with van der Waals surface area (Å²) in [4.78, 5) is 5.56. The van der Waals surface area contributed by atoms with Crippen LogP contribution < -0.4 is 14.0 Å². The van der Waals surface area contributed by atoms with Gasteiger partial charge in [-0.15, -0.1) is 0 Å². The highest BCUT2D eigenvalue weighted by Crippen LogP contribution is 2.22. The maximum Gasteiger partial charge on any atom is 0.0778 e. The summed E-state index contributed by atoms with van der Waals surface area (Å²) in [6.45, 7) is 9.71. The minimum atomic E-state index is -4.69. The smallest absolute Gasteiger partial charge is 0.0778 e. The maximum atomic E-state index is 8.60. The van der Waals surface area contributed by atoms with Crippen LogP contribution in [-0.2, 0) is 4.84 Å². The maximum absolute atomic E-state index is 8.60. The first-order valence-electron chi connectivity index (χ1n) is 4.58. The van der Waals surface area contributed by atoms with Gasteiger partial charge in [-0.05, 0) is 34.1 Å². The molecule has 7 heteroatoms. The van der Waals surface area contributed by atoms with E-state index in [1.54, 1.807) is 0 Å². The molecular formula is C8H18ClNO5. The van der Waals surface area contributed by atoms with Gasteiger partial charge < -0.3 is 0 Å². The Morgan fingerprint density at radius 3 is 1.87 bits per heavy atom. The Morgan fingerprint density at radius 1 is 1.33 bits per heavy atom. The number of hydrogen-bond donors (Lipinski definition) is 1. The standard InChI is InChI=1S/C8H17NO.ClHO4/c1-7-5-6-9(10-7)8(2,3)4;2-1(3,4)5/h7H,5-6H2,1-4H3;(H,2,3,4,5). The predicted molar refractivity (Wildman–Crippen MR) is 43.8 cm³/mol. The molecule has 1 fully saturated rings. The largest absolute Gasteiger partial charge is 0.295 e. The second-order valence-electron chi connectivity index (χ2n) is 4.37. The predicted octanol–water partition coefficient (Wildman–Crippen LogP) is -2.31. The number of halogens is 1. The molecule has 0 aromatic rings. The molecule has 0 aromatic carbocycles. The molecule has 1 heterocycles. The molecule has 0 saturated carbocycles. The van der Waals surface area contributed by atoms with Crippen LogP contribution in [0.3, 0.4) is 0 Å². The van der Waals surface area contributed by atoms with E-state index in [9.17, 15) is 0 Å². The highest BCUT2D eigenvalue weighted by molar-refractivity contribution is 4.74. The molecule has 1 aliphatic heterocycles. The van der Waals surface area contributed by atoms with Crippen LogP contribution in [0.4, 0.5) is 0 Å². The number of hydrogen-bond acceptors (Lipinski definition) is 6. The van der Waals surface area contributed by atoms with Gasteiger partial charge in [0.2, 0.25) is 0 Å². The van der Waals surface area contributed by atoms with E-state index in [1.165, 1.54) is 0 Å². The molecule has 1 saturated heterocycles. The molecule has 6 nitrogen and oxygen atoms in total. The zero-order valence-electron chi connectivity index (χ0n) is 9.40. The minimum Gasteiger partial charge on any atom is -0.295 e. The summed E-state index contributed by atoms with van der Waals surface area (Å²) >= 11 is 0. The van der Waals surface area contributed by atoms with Gasteiger partial charge in [0, 0.05) is 12.1 Å². The van der Waals surface area contributed by atoms with E-state index >= 15 is 0 Å². The van der Waals surface area contributed by atoms with Crippen molar-refractivity contribution in [3.8, 4) is 0 Å². The third-order valence-corrected chi connectivity index (χ3v) is 1.79. The van der Waals surface area contributed by atoms with Crippen molar-refractivity contribution in [3.63, 3.8) is 0 Å². The van der Waals surface area contributed by atoms with Gasteiger partial charge in [0.25, 0.3) is 0 Å². The van der Waals surface area contributed by atoms with Crippen molar-refractivity contribution in [2.24, 2.45) is 0 Å². The third-order valence-electron chi connectivity index (χ3n) is 1.79. The lowest BCUT2D eigenvalue weighted by atomic mass is 10.1. The molecule has 0 radical (unpaired) electrons. The highest BCUT2D eigenvalue weighted by atomic mass is 35.7. The van der Waals surface area contributed by atoms with Crippen LogP contribution in [0, 0.1) is 10.2 Å². The summed E-state index contributed by atoms with van der Waals surface area (Å²) < 4.78 is 32.7. The van der Waals surface area contributed by atoms with Gasteiger partial charge in [-0.2, -0.15) is 19.0 Å². The molecule has 15 heavy (non-hydrogen) atoms. The SMILES string of the molecule is CC1CCN(C(C)(C)C)O1.[O-][Cl+3]([O-])([O-])O. The topological polar surface area (TPSA) is 102 Å². The van der Waals surface area contributed by atoms with E-state index in [0.717, 1.165) is 13.0 Å². The summed E-state index contributed by atoms with van der Waals surface area (Å²) in [5.74, 6) is 0. The van der Waals surface area contributed by atoms with Gasteiger partial charge in [0.1, 0.15) is 0 Å². The molecule has 0 bridgehead atoms. The van der Waals surface area contributed by atoms with Crippen LogP contribution in [0.5, 0.6) is 0 Å². The molecule has 1 aliphatic rings. The Balaban J connectivity index is 0.000000336. The first kappa shape index (κ1) is 15.0. The van der Waals surface area contributed by atoms with Gasteiger partial charge in [0.15, 0.2) is 0 Å². The lowest BCUT2D eigenvalue weighted by Gasteiger charge is -2.29. The Hall–Kier alpha value is 0.0500. The number of hydroxylamine groups is 2. The van der Waals surface area contributed by atoms with E-state index in [-0.39, 0.29) is 5.54 Å². The van der Waals surface area contributed by atoms with Crippen molar-refractivity contribution in [1.29, 1.82) is 0 Å². The summed E-state index contributed by atoms with van der Waals surface area (Å²) in [6, 6.07) is 0. The van der Waals surface area contributed by atoms with Crippen LogP contribution in [-0.4, -0.2) is 27.9 Å². The average molecular weight is 244 g/mol. The molecule has 1 atom stereocenters. The van der Waals surface area contributed by atoms with E-state index in [0.29, 0.717) is 6.10 Å². The third kappa shape index (κ3) is 9.01. The van der Waals surface area contributed by atoms with Gasteiger partial charge in [-0.1, -0.05) is 0 Å². The van der Waals surface area contributed by atoms with E-state index in [1.807, 2.05) is 0 Å². The van der Waals surface area contributed by atoms with Crippen LogP contribution in [0.25, 0.3) is 0 Å². The number of nitrogens with zero attached hydrogens (tertiary/aromatic N) is 1. The molecule has 1 N–H and O–H groups in total. The second kappa shape index (κ2) is 5.40. The van der Waals surface area contributed by atoms with Crippen LogP contribution in [0.1, 0.15) is 34.1 Å². The molecule has 0 spiro atoms. The number of rotatable bonds is 0. The summed E-state index contributed by atoms with van der Waals surface area (Å²) in [5, 5.41) is 2.07. The molecule has 0 aliphatic carbocycles. The molecule has 1 unspecified atom stereocenters. The molecule has 92 valence electrons. The van der Waals surface area contributed by atoms with E-state index < -0.39 is 10.2 Å². The van der Waals surface area contributed by atoms with Crippen LogP contribution in [0.15, 0.2) is 0 Å².